The first-order valence-electron chi connectivity index (χ1n) is 8.50. The zero-order valence-electron chi connectivity index (χ0n) is 14.3. The van der Waals surface area contributed by atoms with Crippen LogP contribution in [0.1, 0.15) is 12.8 Å². The Morgan fingerprint density at radius 2 is 2.15 bits per heavy atom. The first-order chi connectivity index (χ1) is 13.1. The molecule has 9 nitrogen and oxygen atoms in total. The maximum Gasteiger partial charge on any atom is 0.325 e. The van der Waals surface area contributed by atoms with Gasteiger partial charge in [-0.2, -0.15) is 5.10 Å². The number of anilines is 1. The number of fused-ring (bicyclic) bond motifs is 1. The fourth-order valence-electron chi connectivity index (χ4n) is 2.55. The van der Waals surface area contributed by atoms with Crippen molar-refractivity contribution < 1.29 is 9.90 Å². The number of carboxylic acids is 1. The molecule has 1 aliphatic rings. The lowest BCUT2D eigenvalue weighted by molar-refractivity contribution is -0.137. The SMILES string of the molecule is O=C(O)Cn1cc(-c2cnc3ccc(NC(=S)NCC4CC4)nc3n2)cn1. The third-order valence-corrected chi connectivity index (χ3v) is 4.37. The van der Waals surface area contributed by atoms with Crippen LogP contribution in [0, 0.1) is 5.92 Å². The van der Waals surface area contributed by atoms with Crippen LogP contribution in [-0.4, -0.2) is 47.5 Å². The van der Waals surface area contributed by atoms with Crippen molar-refractivity contribution in [2.45, 2.75) is 19.4 Å². The summed E-state index contributed by atoms with van der Waals surface area (Å²) in [5, 5.41) is 19.6. The molecule has 4 rings (SSSR count). The van der Waals surface area contributed by atoms with Crippen LogP contribution in [-0.2, 0) is 11.3 Å². The quantitative estimate of drug-likeness (QED) is 0.546. The lowest BCUT2D eigenvalue weighted by Crippen LogP contribution is -2.30. The number of carboxylic acid groups (broad SMARTS) is 1. The maximum absolute atomic E-state index is 10.8. The molecule has 0 unspecified atom stereocenters. The van der Waals surface area contributed by atoms with E-state index in [9.17, 15) is 4.79 Å². The smallest absolute Gasteiger partial charge is 0.325 e. The van der Waals surface area contributed by atoms with Gasteiger partial charge >= 0.3 is 5.97 Å². The largest absolute Gasteiger partial charge is 0.480 e. The molecule has 0 amide bonds. The summed E-state index contributed by atoms with van der Waals surface area (Å²) < 4.78 is 1.33. The summed E-state index contributed by atoms with van der Waals surface area (Å²) >= 11 is 5.29. The van der Waals surface area contributed by atoms with Crippen molar-refractivity contribution in [1.29, 1.82) is 0 Å². The molecule has 1 fully saturated rings. The maximum atomic E-state index is 10.8. The van der Waals surface area contributed by atoms with E-state index in [1.54, 1.807) is 24.7 Å². The Labute approximate surface area is 159 Å². The summed E-state index contributed by atoms with van der Waals surface area (Å²) in [7, 11) is 0. The fourth-order valence-corrected chi connectivity index (χ4v) is 2.73. The number of nitrogens with one attached hydrogen (secondary N) is 2. The van der Waals surface area contributed by atoms with Gasteiger partial charge in [-0.25, -0.2) is 9.97 Å². The first kappa shape index (κ1) is 17.3. The van der Waals surface area contributed by atoms with Gasteiger partial charge in [0.25, 0.3) is 0 Å². The molecule has 0 saturated heterocycles. The van der Waals surface area contributed by atoms with E-state index in [2.05, 4.69) is 30.7 Å². The van der Waals surface area contributed by atoms with Gasteiger partial charge in [0.05, 0.1) is 18.1 Å². The molecular weight excluding hydrogens is 366 g/mol. The normalized spacial score (nSPS) is 13.5. The van der Waals surface area contributed by atoms with Crippen molar-refractivity contribution in [1.82, 2.24) is 30.0 Å². The topological polar surface area (TPSA) is 118 Å². The van der Waals surface area contributed by atoms with E-state index >= 15 is 0 Å². The van der Waals surface area contributed by atoms with E-state index in [4.69, 9.17) is 17.3 Å². The van der Waals surface area contributed by atoms with Crippen molar-refractivity contribution in [3.63, 3.8) is 0 Å². The highest BCUT2D eigenvalue weighted by Gasteiger charge is 2.21. The average molecular weight is 383 g/mol. The molecule has 10 heteroatoms. The van der Waals surface area contributed by atoms with Gasteiger partial charge in [0.15, 0.2) is 10.8 Å². The Hall–Kier alpha value is -3.14. The van der Waals surface area contributed by atoms with Gasteiger partial charge in [-0.05, 0) is 43.1 Å². The van der Waals surface area contributed by atoms with Gasteiger partial charge in [0.2, 0.25) is 0 Å². The zero-order valence-corrected chi connectivity index (χ0v) is 15.1. The zero-order chi connectivity index (χ0) is 18.8. The second-order valence-corrected chi connectivity index (χ2v) is 6.80. The van der Waals surface area contributed by atoms with Crippen LogP contribution >= 0.6 is 12.2 Å². The third-order valence-electron chi connectivity index (χ3n) is 4.12. The Balaban J connectivity index is 1.52. The number of rotatable bonds is 6. The Morgan fingerprint density at radius 3 is 2.93 bits per heavy atom. The number of aromatic nitrogens is 5. The van der Waals surface area contributed by atoms with Crippen LogP contribution in [0.15, 0.2) is 30.7 Å². The van der Waals surface area contributed by atoms with Crippen LogP contribution in [0.25, 0.3) is 22.4 Å². The lowest BCUT2D eigenvalue weighted by atomic mass is 10.2. The predicted molar refractivity (Wildman–Crippen MR) is 103 cm³/mol. The molecular formula is C17H17N7O2S. The van der Waals surface area contributed by atoms with E-state index in [0.29, 0.717) is 33.4 Å². The fraction of sp³-hybridized carbons (Fsp3) is 0.294. The molecule has 3 heterocycles. The van der Waals surface area contributed by atoms with Crippen molar-refractivity contribution >= 4 is 40.3 Å². The molecule has 0 radical (unpaired) electrons. The number of pyridine rings is 1. The summed E-state index contributed by atoms with van der Waals surface area (Å²) in [6.45, 7) is 0.669. The van der Waals surface area contributed by atoms with Crippen molar-refractivity contribution in [3.8, 4) is 11.3 Å². The number of aliphatic carboxylic acids is 1. The van der Waals surface area contributed by atoms with Crippen LogP contribution in [0.3, 0.4) is 0 Å². The highest BCUT2D eigenvalue weighted by Crippen LogP contribution is 2.27. The lowest BCUT2D eigenvalue weighted by Gasteiger charge is -2.09. The second kappa shape index (κ2) is 7.23. The second-order valence-electron chi connectivity index (χ2n) is 6.39. The first-order valence-corrected chi connectivity index (χ1v) is 8.91. The van der Waals surface area contributed by atoms with Crippen LogP contribution in [0.2, 0.25) is 0 Å². The monoisotopic (exact) mass is 383 g/mol. The predicted octanol–water partition coefficient (Wildman–Crippen LogP) is 1.67. The molecule has 3 N–H and O–H groups in total. The number of thiocarbonyl (C=S) groups is 1. The molecule has 0 spiro atoms. The summed E-state index contributed by atoms with van der Waals surface area (Å²) in [6, 6.07) is 3.62. The average Bonchev–Trinajstić information content (AvgIpc) is 3.36. The highest BCUT2D eigenvalue weighted by atomic mass is 32.1. The Morgan fingerprint density at radius 1 is 1.30 bits per heavy atom. The standard InChI is InChI=1S/C17H17N7O2S/c25-15(26)9-24-8-11(6-20-24)13-7-18-12-3-4-14(22-16(12)21-13)23-17(27)19-5-10-1-2-10/h3-4,6-8,10H,1-2,5,9H2,(H,25,26)(H2,19,21,22,23,27). The van der Waals surface area contributed by atoms with E-state index in [-0.39, 0.29) is 6.54 Å². The van der Waals surface area contributed by atoms with E-state index < -0.39 is 5.97 Å². The molecule has 3 aromatic rings. The Kier molecular flexibility index (Phi) is 4.63. The van der Waals surface area contributed by atoms with Gasteiger partial charge in [0.1, 0.15) is 17.9 Å². The molecule has 27 heavy (non-hydrogen) atoms. The number of nitrogens with zero attached hydrogens (tertiary/aromatic N) is 5. The minimum Gasteiger partial charge on any atom is -0.480 e. The third kappa shape index (κ3) is 4.34. The number of hydrogen-bond donors (Lipinski definition) is 3. The molecule has 138 valence electrons. The molecule has 0 atom stereocenters. The van der Waals surface area contributed by atoms with Crippen molar-refractivity contribution in [3.05, 3.63) is 30.7 Å². The highest BCUT2D eigenvalue weighted by molar-refractivity contribution is 7.80. The Bertz CT molecular complexity index is 1020. The molecule has 3 aromatic heterocycles. The van der Waals surface area contributed by atoms with Gasteiger partial charge in [-0.15, -0.1) is 0 Å². The summed E-state index contributed by atoms with van der Waals surface area (Å²) in [5.41, 5.74) is 2.36. The molecule has 0 aliphatic heterocycles. The van der Waals surface area contributed by atoms with Crippen LogP contribution in [0.5, 0.6) is 0 Å². The molecule has 1 saturated carbocycles. The van der Waals surface area contributed by atoms with Gasteiger partial charge in [-0.3, -0.25) is 14.5 Å². The number of carbonyl (C=O) groups is 1. The minimum atomic E-state index is -0.960. The van der Waals surface area contributed by atoms with Crippen LogP contribution in [0.4, 0.5) is 5.82 Å². The van der Waals surface area contributed by atoms with Crippen molar-refractivity contribution in [2.75, 3.05) is 11.9 Å². The number of hydrogen-bond acceptors (Lipinski definition) is 6. The summed E-state index contributed by atoms with van der Waals surface area (Å²) in [4.78, 5) is 24.1. The summed E-state index contributed by atoms with van der Waals surface area (Å²) in [5.74, 6) is 0.353. The minimum absolute atomic E-state index is 0.210. The van der Waals surface area contributed by atoms with Crippen LogP contribution < -0.4 is 10.6 Å². The van der Waals surface area contributed by atoms with Gasteiger partial charge in [0, 0.05) is 18.3 Å². The van der Waals surface area contributed by atoms with E-state index in [0.717, 1.165) is 12.5 Å². The molecule has 0 bridgehead atoms. The summed E-state index contributed by atoms with van der Waals surface area (Å²) in [6.07, 6.45) is 7.29. The van der Waals surface area contributed by atoms with E-state index in [1.165, 1.54) is 17.5 Å². The molecule has 0 aromatic carbocycles. The van der Waals surface area contributed by atoms with E-state index in [1.807, 2.05) is 6.07 Å². The van der Waals surface area contributed by atoms with Gasteiger partial charge in [-0.1, -0.05) is 0 Å². The van der Waals surface area contributed by atoms with Crippen molar-refractivity contribution in [2.24, 2.45) is 5.92 Å². The van der Waals surface area contributed by atoms with Gasteiger partial charge < -0.3 is 15.7 Å². The molecule has 1 aliphatic carbocycles.